The summed E-state index contributed by atoms with van der Waals surface area (Å²) < 4.78 is 26.0. The van der Waals surface area contributed by atoms with E-state index in [1.54, 1.807) is 18.2 Å². The number of ether oxygens (including phenoxy) is 2. The third-order valence-corrected chi connectivity index (χ3v) is 4.92. The lowest BCUT2D eigenvalue weighted by Gasteiger charge is -2.07. The first kappa shape index (κ1) is 19.3. The molecule has 4 nitrogen and oxygen atoms in total. The van der Waals surface area contributed by atoms with E-state index in [0.717, 1.165) is 11.1 Å². The average Bonchev–Trinajstić information content (AvgIpc) is 3.08. The fraction of sp³-hybridized carbons (Fsp3) is 0.0435. The molecule has 144 valence electrons. The van der Waals surface area contributed by atoms with Crippen molar-refractivity contribution in [1.82, 2.24) is 0 Å². The van der Waals surface area contributed by atoms with Crippen LogP contribution in [-0.4, -0.2) is 11.9 Å². The van der Waals surface area contributed by atoms with Gasteiger partial charge in [0.25, 0.3) is 0 Å². The van der Waals surface area contributed by atoms with Gasteiger partial charge in [-0.3, -0.25) is 0 Å². The molecule has 4 rings (SSSR count). The Morgan fingerprint density at radius 2 is 1.83 bits per heavy atom. The molecule has 3 aromatic carbocycles. The standard InChI is InChI=1S/C23H15FINO3/c24-20-7-2-1-6-19(20)22-26-21(23(27)29-22)13-16-4-3-5-18(12-16)28-14-15-8-10-17(25)11-9-15/h1-13H,14H2/b21-13-. The Labute approximate surface area is 180 Å². The van der Waals surface area contributed by atoms with E-state index >= 15 is 0 Å². The predicted molar refractivity (Wildman–Crippen MR) is 117 cm³/mol. The molecule has 6 heteroatoms. The summed E-state index contributed by atoms with van der Waals surface area (Å²) in [5.74, 6) is -0.479. The van der Waals surface area contributed by atoms with Gasteiger partial charge in [0.15, 0.2) is 5.70 Å². The Balaban J connectivity index is 1.52. The number of carbonyl (C=O) groups is 1. The first-order valence-corrected chi connectivity index (χ1v) is 9.91. The normalized spacial score (nSPS) is 14.6. The lowest BCUT2D eigenvalue weighted by molar-refractivity contribution is -0.129. The van der Waals surface area contributed by atoms with Gasteiger partial charge in [-0.05, 0) is 76.2 Å². The highest BCUT2D eigenvalue weighted by Crippen LogP contribution is 2.23. The molecule has 1 heterocycles. The van der Waals surface area contributed by atoms with Crippen LogP contribution < -0.4 is 4.74 Å². The molecular weight excluding hydrogens is 484 g/mol. The Morgan fingerprint density at radius 3 is 2.62 bits per heavy atom. The number of aliphatic imine (C=N–C) groups is 1. The third-order valence-electron chi connectivity index (χ3n) is 4.21. The van der Waals surface area contributed by atoms with E-state index in [1.165, 1.54) is 15.7 Å². The molecule has 0 saturated carbocycles. The number of carbonyl (C=O) groups excluding carboxylic acids is 1. The number of halogens is 2. The van der Waals surface area contributed by atoms with E-state index in [4.69, 9.17) is 9.47 Å². The molecule has 1 aliphatic heterocycles. The van der Waals surface area contributed by atoms with Gasteiger partial charge in [0.1, 0.15) is 18.2 Å². The Hall–Kier alpha value is -3.00. The maximum atomic E-state index is 13.9. The highest BCUT2D eigenvalue weighted by Gasteiger charge is 2.25. The van der Waals surface area contributed by atoms with Gasteiger partial charge < -0.3 is 9.47 Å². The summed E-state index contributed by atoms with van der Waals surface area (Å²) in [7, 11) is 0. The number of benzene rings is 3. The zero-order valence-corrected chi connectivity index (χ0v) is 17.3. The van der Waals surface area contributed by atoms with Crippen molar-refractivity contribution < 1.29 is 18.7 Å². The van der Waals surface area contributed by atoms with Crippen LogP contribution >= 0.6 is 22.6 Å². The molecule has 29 heavy (non-hydrogen) atoms. The second kappa shape index (κ2) is 8.57. The largest absolute Gasteiger partial charge is 0.489 e. The molecule has 0 bridgehead atoms. The van der Waals surface area contributed by atoms with Crippen LogP contribution in [0.3, 0.4) is 0 Å². The van der Waals surface area contributed by atoms with Crippen LogP contribution in [-0.2, 0) is 16.1 Å². The average molecular weight is 499 g/mol. The maximum absolute atomic E-state index is 13.9. The van der Waals surface area contributed by atoms with Crippen LogP contribution in [0.15, 0.2) is 83.5 Å². The van der Waals surface area contributed by atoms with E-state index in [1.807, 2.05) is 48.5 Å². The van der Waals surface area contributed by atoms with E-state index in [-0.39, 0.29) is 17.2 Å². The van der Waals surface area contributed by atoms with Crippen molar-refractivity contribution in [1.29, 1.82) is 0 Å². The summed E-state index contributed by atoms with van der Waals surface area (Å²) in [6.07, 6.45) is 1.59. The highest BCUT2D eigenvalue weighted by atomic mass is 127. The predicted octanol–water partition coefficient (Wildman–Crippen LogP) is 5.35. The Kier molecular flexibility index (Phi) is 5.71. The lowest BCUT2D eigenvalue weighted by atomic mass is 10.2. The smallest absolute Gasteiger partial charge is 0.363 e. The number of hydrogen-bond donors (Lipinski definition) is 0. The van der Waals surface area contributed by atoms with Crippen LogP contribution in [0.5, 0.6) is 5.75 Å². The minimum Gasteiger partial charge on any atom is -0.489 e. The summed E-state index contributed by atoms with van der Waals surface area (Å²) in [6.45, 7) is 0.439. The molecule has 0 saturated heterocycles. The lowest BCUT2D eigenvalue weighted by Crippen LogP contribution is -2.07. The van der Waals surface area contributed by atoms with E-state index in [9.17, 15) is 9.18 Å². The number of esters is 1. The number of rotatable bonds is 5. The van der Waals surface area contributed by atoms with Gasteiger partial charge in [0, 0.05) is 3.57 Å². The van der Waals surface area contributed by atoms with Crippen molar-refractivity contribution >= 4 is 40.5 Å². The molecule has 0 unspecified atom stereocenters. The molecule has 0 aliphatic carbocycles. The zero-order valence-electron chi connectivity index (χ0n) is 15.1. The van der Waals surface area contributed by atoms with Gasteiger partial charge in [-0.2, -0.15) is 0 Å². The zero-order chi connectivity index (χ0) is 20.2. The minimum atomic E-state index is -0.617. The van der Waals surface area contributed by atoms with Crippen molar-refractivity contribution in [3.05, 3.63) is 105 Å². The third kappa shape index (κ3) is 4.71. The van der Waals surface area contributed by atoms with E-state index in [0.29, 0.717) is 12.4 Å². The van der Waals surface area contributed by atoms with Crippen molar-refractivity contribution in [3.8, 4) is 5.75 Å². The molecule has 0 aromatic heterocycles. The van der Waals surface area contributed by atoms with Gasteiger partial charge in [-0.25, -0.2) is 14.2 Å². The van der Waals surface area contributed by atoms with Gasteiger partial charge >= 0.3 is 5.97 Å². The second-order valence-electron chi connectivity index (χ2n) is 6.30. The summed E-state index contributed by atoms with van der Waals surface area (Å²) >= 11 is 2.26. The molecule has 0 N–H and O–H groups in total. The topological polar surface area (TPSA) is 47.9 Å². The van der Waals surface area contributed by atoms with Crippen LogP contribution in [0.25, 0.3) is 6.08 Å². The number of hydrogen-bond acceptors (Lipinski definition) is 4. The second-order valence-corrected chi connectivity index (χ2v) is 7.55. The summed E-state index contributed by atoms with van der Waals surface area (Å²) in [6, 6.07) is 21.4. The van der Waals surface area contributed by atoms with Crippen molar-refractivity contribution in [2.75, 3.05) is 0 Å². The van der Waals surface area contributed by atoms with Crippen LogP contribution in [0, 0.1) is 9.39 Å². The molecule has 0 amide bonds. The molecular formula is C23H15FINO3. The first-order chi connectivity index (χ1) is 14.1. The maximum Gasteiger partial charge on any atom is 0.363 e. The number of nitrogens with zero attached hydrogens (tertiary/aromatic N) is 1. The van der Waals surface area contributed by atoms with Gasteiger partial charge in [-0.15, -0.1) is 0 Å². The quantitative estimate of drug-likeness (QED) is 0.270. The Morgan fingerprint density at radius 1 is 1.03 bits per heavy atom. The monoisotopic (exact) mass is 499 g/mol. The first-order valence-electron chi connectivity index (χ1n) is 8.83. The molecule has 0 atom stereocenters. The fourth-order valence-corrected chi connectivity index (χ4v) is 3.12. The Bertz CT molecular complexity index is 1120. The summed E-state index contributed by atoms with van der Waals surface area (Å²) in [5, 5.41) is 0. The highest BCUT2D eigenvalue weighted by molar-refractivity contribution is 14.1. The van der Waals surface area contributed by atoms with Crippen molar-refractivity contribution in [3.63, 3.8) is 0 Å². The minimum absolute atomic E-state index is 0.0366. The van der Waals surface area contributed by atoms with Gasteiger partial charge in [-0.1, -0.05) is 36.4 Å². The molecule has 1 aliphatic rings. The van der Waals surface area contributed by atoms with Crippen molar-refractivity contribution in [2.45, 2.75) is 6.61 Å². The van der Waals surface area contributed by atoms with Crippen LogP contribution in [0.1, 0.15) is 16.7 Å². The fourth-order valence-electron chi connectivity index (χ4n) is 2.76. The summed E-state index contributed by atoms with van der Waals surface area (Å²) in [5.41, 5.74) is 2.06. The van der Waals surface area contributed by atoms with Crippen molar-refractivity contribution in [2.24, 2.45) is 4.99 Å². The van der Waals surface area contributed by atoms with Gasteiger partial charge in [0.2, 0.25) is 5.90 Å². The summed E-state index contributed by atoms with van der Waals surface area (Å²) in [4.78, 5) is 16.3. The van der Waals surface area contributed by atoms with Crippen LogP contribution in [0.2, 0.25) is 0 Å². The number of cyclic esters (lactones) is 1. The molecule has 0 radical (unpaired) electrons. The van der Waals surface area contributed by atoms with E-state index < -0.39 is 11.8 Å². The van der Waals surface area contributed by atoms with E-state index in [2.05, 4.69) is 27.6 Å². The molecule has 0 fully saturated rings. The SMILES string of the molecule is O=C1OC(c2ccccc2F)=N/C1=C\c1cccc(OCc2ccc(I)cc2)c1. The molecule has 3 aromatic rings. The molecule has 0 spiro atoms. The van der Waals surface area contributed by atoms with Gasteiger partial charge in [0.05, 0.1) is 5.56 Å². The van der Waals surface area contributed by atoms with Crippen LogP contribution in [0.4, 0.5) is 4.39 Å².